The van der Waals surface area contributed by atoms with Crippen molar-refractivity contribution in [2.45, 2.75) is 45.3 Å². The van der Waals surface area contributed by atoms with Crippen molar-refractivity contribution in [1.82, 2.24) is 9.97 Å². The van der Waals surface area contributed by atoms with E-state index in [4.69, 9.17) is 4.74 Å². The maximum absolute atomic E-state index is 12.1. The topological polar surface area (TPSA) is 98.1 Å². The molecule has 0 spiro atoms. The summed E-state index contributed by atoms with van der Waals surface area (Å²) in [6.45, 7) is 2.43. The molecule has 0 amide bonds. The summed E-state index contributed by atoms with van der Waals surface area (Å²) in [5.41, 5.74) is -0.0616. The lowest BCUT2D eigenvalue weighted by atomic mass is 9.88. The van der Waals surface area contributed by atoms with E-state index >= 15 is 0 Å². The molecule has 1 N–H and O–H groups in total. The second-order valence-corrected chi connectivity index (χ2v) is 6.08. The van der Waals surface area contributed by atoms with Gasteiger partial charge in [0.25, 0.3) is 11.2 Å². The standard InChI is InChI=1S/C16H19N3O4/c1-10-4-2-3-5-14(10)23-9-15-17-13-7-6-11(19(21)22)8-12(13)16(20)18-15/h6-8,10,14H,2-5,9H2,1H3,(H,17,18,20)/t10-,14+/m0/s1. The van der Waals surface area contributed by atoms with E-state index in [9.17, 15) is 14.9 Å². The summed E-state index contributed by atoms with van der Waals surface area (Å²) in [5.74, 6) is 0.965. The zero-order valence-electron chi connectivity index (χ0n) is 12.9. The summed E-state index contributed by atoms with van der Waals surface area (Å²) in [6, 6.07) is 4.09. The van der Waals surface area contributed by atoms with Gasteiger partial charge < -0.3 is 9.72 Å². The van der Waals surface area contributed by atoms with E-state index in [1.807, 2.05) is 0 Å². The van der Waals surface area contributed by atoms with Crippen LogP contribution < -0.4 is 5.56 Å². The molecule has 1 aliphatic rings. The van der Waals surface area contributed by atoms with Gasteiger partial charge in [-0.1, -0.05) is 19.8 Å². The van der Waals surface area contributed by atoms with Crippen LogP contribution in [0, 0.1) is 16.0 Å². The van der Waals surface area contributed by atoms with E-state index in [0.29, 0.717) is 17.3 Å². The van der Waals surface area contributed by atoms with Gasteiger partial charge in [0.2, 0.25) is 0 Å². The van der Waals surface area contributed by atoms with Crippen molar-refractivity contribution in [3.8, 4) is 0 Å². The van der Waals surface area contributed by atoms with Gasteiger partial charge in [-0.25, -0.2) is 4.98 Å². The van der Waals surface area contributed by atoms with E-state index < -0.39 is 4.92 Å². The highest BCUT2D eigenvalue weighted by Gasteiger charge is 2.22. The number of aromatic amines is 1. The molecule has 1 fully saturated rings. The minimum absolute atomic E-state index is 0.121. The van der Waals surface area contributed by atoms with Crippen molar-refractivity contribution in [2.75, 3.05) is 0 Å². The molecule has 7 heteroatoms. The average molecular weight is 317 g/mol. The Labute approximate surface area is 132 Å². The summed E-state index contributed by atoms with van der Waals surface area (Å²) in [6.07, 6.45) is 4.80. The van der Waals surface area contributed by atoms with Crippen molar-refractivity contribution >= 4 is 16.6 Å². The summed E-state index contributed by atoms with van der Waals surface area (Å²) in [5, 5.41) is 11.0. The van der Waals surface area contributed by atoms with Crippen LogP contribution in [-0.2, 0) is 11.3 Å². The molecule has 1 aliphatic carbocycles. The van der Waals surface area contributed by atoms with Crippen LogP contribution in [0.25, 0.3) is 10.9 Å². The Morgan fingerprint density at radius 2 is 2.17 bits per heavy atom. The fraction of sp³-hybridized carbons (Fsp3) is 0.500. The van der Waals surface area contributed by atoms with Crippen LogP contribution in [-0.4, -0.2) is 21.0 Å². The van der Waals surface area contributed by atoms with Crippen molar-refractivity contribution < 1.29 is 9.66 Å². The van der Waals surface area contributed by atoms with Crippen molar-refractivity contribution in [3.63, 3.8) is 0 Å². The summed E-state index contributed by atoms with van der Waals surface area (Å²) >= 11 is 0. The number of non-ortho nitro benzene ring substituents is 1. The Balaban J connectivity index is 1.81. The Kier molecular flexibility index (Phi) is 4.38. The highest BCUT2D eigenvalue weighted by Crippen LogP contribution is 2.26. The Bertz CT molecular complexity index is 786. The van der Waals surface area contributed by atoms with Gasteiger partial charge in [0.15, 0.2) is 0 Å². The molecule has 1 saturated carbocycles. The van der Waals surface area contributed by atoms with E-state index in [1.54, 1.807) is 0 Å². The molecular formula is C16H19N3O4. The number of hydrogen-bond acceptors (Lipinski definition) is 5. The number of fused-ring (bicyclic) bond motifs is 1. The van der Waals surface area contributed by atoms with E-state index in [0.717, 1.165) is 12.8 Å². The fourth-order valence-corrected chi connectivity index (χ4v) is 3.07. The van der Waals surface area contributed by atoms with E-state index in [-0.39, 0.29) is 29.3 Å². The normalized spacial score (nSPS) is 21.4. The first-order valence-electron chi connectivity index (χ1n) is 7.83. The highest BCUT2D eigenvalue weighted by molar-refractivity contribution is 5.79. The lowest BCUT2D eigenvalue weighted by Gasteiger charge is -2.28. The maximum atomic E-state index is 12.1. The molecule has 0 unspecified atom stereocenters. The molecule has 0 radical (unpaired) electrons. The average Bonchev–Trinajstić information content (AvgIpc) is 2.54. The van der Waals surface area contributed by atoms with Crippen LogP contribution in [0.15, 0.2) is 23.0 Å². The SMILES string of the molecule is C[C@H]1CCCC[C@H]1OCc1nc2ccc([N+](=O)[O-])cc2c(=O)[nH]1. The van der Waals surface area contributed by atoms with Crippen LogP contribution in [0.2, 0.25) is 0 Å². The number of nitrogens with zero attached hydrogens (tertiary/aromatic N) is 2. The lowest BCUT2D eigenvalue weighted by Crippen LogP contribution is -2.26. The van der Waals surface area contributed by atoms with Gasteiger partial charge in [-0.15, -0.1) is 0 Å². The number of benzene rings is 1. The zero-order valence-corrected chi connectivity index (χ0v) is 12.9. The summed E-state index contributed by atoms with van der Waals surface area (Å²) in [7, 11) is 0. The van der Waals surface area contributed by atoms with Gasteiger partial charge in [-0.2, -0.15) is 0 Å². The molecule has 1 aromatic carbocycles. The molecule has 2 aromatic rings. The van der Waals surface area contributed by atoms with Crippen LogP contribution in [0.4, 0.5) is 5.69 Å². The Hall–Kier alpha value is -2.28. The Morgan fingerprint density at radius 1 is 1.39 bits per heavy atom. The molecule has 1 aromatic heterocycles. The lowest BCUT2D eigenvalue weighted by molar-refractivity contribution is -0.384. The number of nitro benzene ring substituents is 1. The molecule has 0 aliphatic heterocycles. The second-order valence-electron chi connectivity index (χ2n) is 6.08. The monoisotopic (exact) mass is 317 g/mol. The van der Waals surface area contributed by atoms with Crippen LogP contribution in [0.3, 0.4) is 0 Å². The maximum Gasteiger partial charge on any atom is 0.270 e. The number of rotatable bonds is 4. The molecule has 3 rings (SSSR count). The largest absolute Gasteiger partial charge is 0.370 e. The minimum atomic E-state index is -0.527. The molecule has 7 nitrogen and oxygen atoms in total. The van der Waals surface area contributed by atoms with Gasteiger partial charge >= 0.3 is 0 Å². The highest BCUT2D eigenvalue weighted by atomic mass is 16.6. The first-order chi connectivity index (χ1) is 11.0. The number of aromatic nitrogens is 2. The van der Waals surface area contributed by atoms with Crippen LogP contribution >= 0.6 is 0 Å². The molecular weight excluding hydrogens is 298 g/mol. The predicted octanol–water partition coefficient (Wildman–Crippen LogP) is 2.93. The first kappa shape index (κ1) is 15.6. The predicted molar refractivity (Wildman–Crippen MR) is 85.2 cm³/mol. The van der Waals surface area contributed by atoms with E-state index in [2.05, 4.69) is 16.9 Å². The molecule has 2 atom stereocenters. The number of ether oxygens (including phenoxy) is 1. The van der Waals surface area contributed by atoms with Crippen molar-refractivity contribution in [3.05, 3.63) is 44.5 Å². The molecule has 0 saturated heterocycles. The van der Waals surface area contributed by atoms with Gasteiger partial charge in [0.05, 0.1) is 21.9 Å². The van der Waals surface area contributed by atoms with Gasteiger partial charge in [-0.3, -0.25) is 14.9 Å². The smallest absolute Gasteiger partial charge is 0.270 e. The van der Waals surface area contributed by atoms with Gasteiger partial charge in [0.1, 0.15) is 12.4 Å². The van der Waals surface area contributed by atoms with Crippen molar-refractivity contribution in [1.29, 1.82) is 0 Å². The fourth-order valence-electron chi connectivity index (χ4n) is 3.07. The number of nitro groups is 1. The first-order valence-corrected chi connectivity index (χ1v) is 7.83. The second kappa shape index (κ2) is 6.45. The third-order valence-electron chi connectivity index (χ3n) is 4.42. The third-order valence-corrected chi connectivity index (χ3v) is 4.42. The summed E-state index contributed by atoms with van der Waals surface area (Å²) in [4.78, 5) is 29.4. The van der Waals surface area contributed by atoms with Crippen molar-refractivity contribution in [2.24, 2.45) is 5.92 Å². The summed E-state index contributed by atoms with van der Waals surface area (Å²) < 4.78 is 5.91. The molecule has 122 valence electrons. The molecule has 23 heavy (non-hydrogen) atoms. The molecule has 1 heterocycles. The third kappa shape index (κ3) is 3.39. The number of nitrogens with one attached hydrogen (secondary N) is 1. The zero-order chi connectivity index (χ0) is 16.4. The van der Waals surface area contributed by atoms with Gasteiger partial charge in [-0.05, 0) is 24.8 Å². The Morgan fingerprint density at radius 3 is 2.91 bits per heavy atom. The van der Waals surface area contributed by atoms with Crippen LogP contribution in [0.1, 0.15) is 38.4 Å². The van der Waals surface area contributed by atoms with E-state index in [1.165, 1.54) is 31.0 Å². The minimum Gasteiger partial charge on any atom is -0.370 e. The van der Waals surface area contributed by atoms with Gasteiger partial charge in [0, 0.05) is 12.1 Å². The van der Waals surface area contributed by atoms with Crippen LogP contribution in [0.5, 0.6) is 0 Å². The number of hydrogen-bond donors (Lipinski definition) is 1. The quantitative estimate of drug-likeness (QED) is 0.690. The number of H-pyrrole nitrogens is 1. The molecule has 0 bridgehead atoms.